The maximum Gasteiger partial charge on any atom is 0.330 e. The third-order valence-electron chi connectivity index (χ3n) is 3.66. The standard InChI is InChI=1S/C16H20O6/c1-6-10(2)12-9-16(14(18)21-4,15(19)22-5)8-11(12)7-13(17)20-3/h6-7,9H,8H2,1-5H3/b10-6+,11-7+. The molecule has 1 rings (SSSR count). The van der Waals surface area contributed by atoms with Gasteiger partial charge in [0.25, 0.3) is 0 Å². The molecule has 0 saturated carbocycles. The number of hydrogen-bond donors (Lipinski definition) is 0. The van der Waals surface area contributed by atoms with Gasteiger partial charge in [0.1, 0.15) is 0 Å². The van der Waals surface area contributed by atoms with E-state index >= 15 is 0 Å². The van der Waals surface area contributed by atoms with E-state index in [1.54, 1.807) is 0 Å². The highest BCUT2D eigenvalue weighted by atomic mass is 16.5. The Bertz CT molecular complexity index is 563. The van der Waals surface area contributed by atoms with Gasteiger partial charge in [-0.05, 0) is 36.6 Å². The molecule has 0 bridgehead atoms. The van der Waals surface area contributed by atoms with Crippen LogP contribution in [0.1, 0.15) is 20.3 Å². The summed E-state index contributed by atoms with van der Waals surface area (Å²) >= 11 is 0. The van der Waals surface area contributed by atoms with Gasteiger partial charge in [0, 0.05) is 12.5 Å². The average molecular weight is 308 g/mol. The molecule has 0 amide bonds. The van der Waals surface area contributed by atoms with Crippen LogP contribution in [-0.2, 0) is 28.6 Å². The van der Waals surface area contributed by atoms with Crippen molar-refractivity contribution in [3.05, 3.63) is 34.9 Å². The molecule has 22 heavy (non-hydrogen) atoms. The maximum atomic E-state index is 12.2. The van der Waals surface area contributed by atoms with Gasteiger partial charge in [-0.1, -0.05) is 6.08 Å². The van der Waals surface area contributed by atoms with Gasteiger partial charge in [-0.3, -0.25) is 9.59 Å². The zero-order valence-electron chi connectivity index (χ0n) is 13.4. The minimum Gasteiger partial charge on any atom is -0.468 e. The summed E-state index contributed by atoms with van der Waals surface area (Å²) in [5.74, 6) is -2.02. The van der Waals surface area contributed by atoms with Crippen molar-refractivity contribution in [2.75, 3.05) is 21.3 Å². The van der Waals surface area contributed by atoms with E-state index in [0.717, 1.165) is 5.57 Å². The van der Waals surface area contributed by atoms with Crippen LogP contribution < -0.4 is 0 Å². The predicted octanol–water partition coefficient (Wildman–Crippen LogP) is 1.71. The number of ether oxygens (including phenoxy) is 3. The molecule has 0 N–H and O–H groups in total. The topological polar surface area (TPSA) is 78.9 Å². The first-order chi connectivity index (χ1) is 10.4. The Balaban J connectivity index is 3.49. The number of esters is 3. The first-order valence-electron chi connectivity index (χ1n) is 6.68. The zero-order chi connectivity index (χ0) is 16.9. The molecule has 0 spiro atoms. The summed E-state index contributed by atoms with van der Waals surface area (Å²) in [6.07, 6.45) is 4.57. The van der Waals surface area contributed by atoms with E-state index in [4.69, 9.17) is 9.47 Å². The van der Waals surface area contributed by atoms with Crippen LogP contribution >= 0.6 is 0 Å². The minimum absolute atomic E-state index is 0.0119. The van der Waals surface area contributed by atoms with E-state index in [1.165, 1.54) is 33.5 Å². The molecular weight excluding hydrogens is 288 g/mol. The maximum absolute atomic E-state index is 12.2. The fourth-order valence-corrected chi connectivity index (χ4v) is 2.35. The molecule has 1 aliphatic carbocycles. The number of rotatable bonds is 4. The van der Waals surface area contributed by atoms with Crippen LogP contribution in [0.3, 0.4) is 0 Å². The minimum atomic E-state index is -1.58. The molecule has 0 unspecified atom stereocenters. The highest BCUT2D eigenvalue weighted by Crippen LogP contribution is 2.44. The molecular formula is C16H20O6. The lowest BCUT2D eigenvalue weighted by Crippen LogP contribution is -2.38. The van der Waals surface area contributed by atoms with Crippen LogP contribution in [0.25, 0.3) is 0 Å². The molecule has 0 atom stereocenters. The highest BCUT2D eigenvalue weighted by Gasteiger charge is 2.51. The quantitative estimate of drug-likeness (QED) is 0.340. The first-order valence-corrected chi connectivity index (χ1v) is 6.68. The third kappa shape index (κ3) is 3.10. The molecule has 0 heterocycles. The summed E-state index contributed by atoms with van der Waals surface area (Å²) in [5.41, 5.74) is 0.398. The normalized spacial score (nSPS) is 18.7. The zero-order valence-corrected chi connectivity index (χ0v) is 13.4. The van der Waals surface area contributed by atoms with Gasteiger partial charge in [0.05, 0.1) is 21.3 Å². The van der Waals surface area contributed by atoms with Gasteiger partial charge < -0.3 is 14.2 Å². The number of carbonyl (C=O) groups excluding carboxylic acids is 3. The first kappa shape index (κ1) is 17.7. The largest absolute Gasteiger partial charge is 0.468 e. The van der Waals surface area contributed by atoms with Crippen LogP contribution in [0, 0.1) is 5.41 Å². The summed E-state index contributed by atoms with van der Waals surface area (Å²) in [6.45, 7) is 3.64. The van der Waals surface area contributed by atoms with Crippen molar-refractivity contribution >= 4 is 17.9 Å². The van der Waals surface area contributed by atoms with Crippen molar-refractivity contribution in [2.45, 2.75) is 20.3 Å². The fourth-order valence-electron chi connectivity index (χ4n) is 2.35. The smallest absolute Gasteiger partial charge is 0.330 e. The van der Waals surface area contributed by atoms with E-state index in [1.807, 2.05) is 19.9 Å². The molecule has 0 aliphatic heterocycles. The fraction of sp³-hybridized carbons (Fsp3) is 0.438. The van der Waals surface area contributed by atoms with E-state index in [0.29, 0.717) is 11.1 Å². The van der Waals surface area contributed by atoms with Crippen molar-refractivity contribution in [1.29, 1.82) is 0 Å². The van der Waals surface area contributed by atoms with Gasteiger partial charge in [0.15, 0.2) is 5.41 Å². The SMILES string of the molecule is C/C=C(\C)C1=CC(C(=O)OC)(C(=O)OC)C/C1=C\C(=O)OC. The van der Waals surface area contributed by atoms with Crippen molar-refractivity contribution in [2.24, 2.45) is 5.41 Å². The second-order valence-corrected chi connectivity index (χ2v) is 4.85. The molecule has 0 saturated heterocycles. The van der Waals surface area contributed by atoms with Crippen LogP contribution in [0.5, 0.6) is 0 Å². The average Bonchev–Trinajstić information content (AvgIpc) is 2.92. The van der Waals surface area contributed by atoms with E-state index in [2.05, 4.69) is 4.74 Å². The van der Waals surface area contributed by atoms with Crippen molar-refractivity contribution < 1.29 is 28.6 Å². The lowest BCUT2D eigenvalue weighted by molar-refractivity contribution is -0.164. The lowest BCUT2D eigenvalue weighted by atomic mass is 9.86. The van der Waals surface area contributed by atoms with Crippen molar-refractivity contribution in [3.63, 3.8) is 0 Å². The van der Waals surface area contributed by atoms with Gasteiger partial charge in [-0.15, -0.1) is 0 Å². The van der Waals surface area contributed by atoms with E-state index in [9.17, 15) is 14.4 Å². The van der Waals surface area contributed by atoms with Crippen LogP contribution in [0.15, 0.2) is 34.9 Å². The van der Waals surface area contributed by atoms with Crippen LogP contribution in [0.4, 0.5) is 0 Å². The lowest BCUT2D eigenvalue weighted by Gasteiger charge is -2.20. The van der Waals surface area contributed by atoms with Crippen molar-refractivity contribution in [3.8, 4) is 0 Å². The summed E-state index contributed by atoms with van der Waals surface area (Å²) < 4.78 is 14.1. The molecule has 120 valence electrons. The number of allylic oxidation sites excluding steroid dienone is 4. The van der Waals surface area contributed by atoms with E-state index < -0.39 is 23.3 Å². The van der Waals surface area contributed by atoms with E-state index in [-0.39, 0.29) is 6.42 Å². The number of carbonyl (C=O) groups is 3. The Labute approximate surface area is 129 Å². The Kier molecular flexibility index (Phi) is 5.68. The molecule has 0 aromatic heterocycles. The molecule has 1 aliphatic rings. The molecule has 0 aromatic carbocycles. The Morgan fingerprint density at radius 3 is 2.05 bits per heavy atom. The Morgan fingerprint density at radius 1 is 1.09 bits per heavy atom. The van der Waals surface area contributed by atoms with Gasteiger partial charge in [-0.25, -0.2) is 4.79 Å². The highest BCUT2D eigenvalue weighted by molar-refractivity contribution is 6.04. The molecule has 6 heteroatoms. The number of hydrogen-bond acceptors (Lipinski definition) is 6. The van der Waals surface area contributed by atoms with Crippen LogP contribution in [-0.4, -0.2) is 39.2 Å². The molecule has 0 aromatic rings. The molecule has 0 radical (unpaired) electrons. The third-order valence-corrected chi connectivity index (χ3v) is 3.66. The molecule has 0 fully saturated rings. The summed E-state index contributed by atoms with van der Waals surface area (Å²) in [5, 5.41) is 0. The van der Waals surface area contributed by atoms with Gasteiger partial charge in [-0.2, -0.15) is 0 Å². The van der Waals surface area contributed by atoms with Gasteiger partial charge >= 0.3 is 17.9 Å². The Morgan fingerprint density at radius 2 is 1.64 bits per heavy atom. The predicted molar refractivity (Wildman–Crippen MR) is 78.7 cm³/mol. The second kappa shape index (κ2) is 7.06. The second-order valence-electron chi connectivity index (χ2n) is 4.85. The molecule has 6 nitrogen and oxygen atoms in total. The summed E-state index contributed by atoms with van der Waals surface area (Å²) in [6, 6.07) is 0. The monoisotopic (exact) mass is 308 g/mol. The summed E-state index contributed by atoms with van der Waals surface area (Å²) in [7, 11) is 3.66. The van der Waals surface area contributed by atoms with Gasteiger partial charge in [0.2, 0.25) is 0 Å². The van der Waals surface area contributed by atoms with Crippen LogP contribution in [0.2, 0.25) is 0 Å². The Hall–Kier alpha value is -2.37. The summed E-state index contributed by atoms with van der Waals surface area (Å²) in [4.78, 5) is 35.9. The number of methoxy groups -OCH3 is 3. The van der Waals surface area contributed by atoms with Crippen molar-refractivity contribution in [1.82, 2.24) is 0 Å².